The van der Waals surface area contributed by atoms with Crippen LogP contribution in [-0.2, 0) is 9.59 Å². The maximum Gasteiger partial charge on any atom is 0.241 e. The second kappa shape index (κ2) is 13.0. The van der Waals surface area contributed by atoms with Crippen LogP contribution in [0.3, 0.4) is 0 Å². The highest BCUT2D eigenvalue weighted by atomic mass is 16.3. The normalized spacial score (nSPS) is 15.8. The van der Waals surface area contributed by atoms with Crippen LogP contribution in [-0.4, -0.2) is 35.5 Å². The molecular formula is C18H32N2O3. The van der Waals surface area contributed by atoms with Crippen molar-refractivity contribution in [3.8, 4) is 0 Å². The molecule has 0 aliphatic carbocycles. The lowest BCUT2D eigenvalue weighted by molar-refractivity contribution is -0.117. The van der Waals surface area contributed by atoms with Gasteiger partial charge in [-0.1, -0.05) is 57.3 Å². The first-order valence-electron chi connectivity index (χ1n) is 8.50. The maximum absolute atomic E-state index is 11.5. The summed E-state index contributed by atoms with van der Waals surface area (Å²) in [5.74, 6) is -0.520. The van der Waals surface area contributed by atoms with E-state index in [1.165, 1.54) is 37.8 Å². The average molecular weight is 324 g/mol. The summed E-state index contributed by atoms with van der Waals surface area (Å²) >= 11 is 0. The van der Waals surface area contributed by atoms with Gasteiger partial charge in [-0.25, -0.2) is 0 Å². The molecule has 0 spiro atoms. The highest BCUT2D eigenvalue weighted by molar-refractivity contribution is 5.85. The fourth-order valence-electron chi connectivity index (χ4n) is 2.30. The lowest BCUT2D eigenvalue weighted by Gasteiger charge is -2.31. The summed E-state index contributed by atoms with van der Waals surface area (Å²) in [5, 5.41) is 13.1. The minimum atomic E-state index is -0.986. The van der Waals surface area contributed by atoms with Gasteiger partial charge in [0.1, 0.15) is 11.8 Å². The molecule has 0 fully saturated rings. The quantitative estimate of drug-likeness (QED) is 0.198. The van der Waals surface area contributed by atoms with Crippen LogP contribution in [0, 0.1) is 0 Å². The molecule has 0 unspecified atom stereocenters. The summed E-state index contributed by atoms with van der Waals surface area (Å²) in [6, 6.07) is 0. The van der Waals surface area contributed by atoms with E-state index in [2.05, 4.69) is 12.2 Å². The lowest BCUT2D eigenvalue weighted by Crippen LogP contribution is -2.55. The molecule has 0 saturated carbocycles. The number of aldehydes is 1. The summed E-state index contributed by atoms with van der Waals surface area (Å²) in [5.41, 5.74) is 4.01. The predicted molar refractivity (Wildman–Crippen MR) is 93.9 cm³/mol. The van der Waals surface area contributed by atoms with Crippen molar-refractivity contribution in [3.05, 3.63) is 24.3 Å². The van der Waals surface area contributed by atoms with Crippen molar-refractivity contribution in [2.75, 3.05) is 6.54 Å². The topological polar surface area (TPSA) is 92.4 Å². The molecule has 0 aliphatic heterocycles. The number of aliphatic hydroxyl groups excluding tert-OH is 1. The number of carbonyl (C=O) groups is 2. The number of unbranched alkanes of at least 4 members (excludes halogenated alkanes) is 5. The molecular weight excluding hydrogens is 292 g/mol. The molecule has 4 N–H and O–H groups in total. The van der Waals surface area contributed by atoms with Crippen LogP contribution in [0.5, 0.6) is 0 Å². The average Bonchev–Trinajstić information content (AvgIpc) is 2.51. The third-order valence-corrected chi connectivity index (χ3v) is 3.90. The SMILES string of the molecule is CCCCCCCCN[C@@](C=O)(CC=CC=CC(N)=O)[C@@H](C)O. The number of allylic oxidation sites excluding steroid dienone is 2. The van der Waals surface area contributed by atoms with Crippen molar-refractivity contribution in [1.82, 2.24) is 5.32 Å². The molecule has 132 valence electrons. The fourth-order valence-corrected chi connectivity index (χ4v) is 2.30. The molecule has 5 nitrogen and oxygen atoms in total. The van der Waals surface area contributed by atoms with E-state index in [-0.39, 0.29) is 0 Å². The summed E-state index contributed by atoms with van der Waals surface area (Å²) < 4.78 is 0. The molecule has 0 aromatic rings. The van der Waals surface area contributed by atoms with Gasteiger partial charge in [0.15, 0.2) is 0 Å². The Labute approximate surface area is 140 Å². The van der Waals surface area contributed by atoms with E-state index in [4.69, 9.17) is 5.73 Å². The van der Waals surface area contributed by atoms with E-state index >= 15 is 0 Å². The molecule has 5 heteroatoms. The van der Waals surface area contributed by atoms with Crippen LogP contribution < -0.4 is 11.1 Å². The zero-order chi connectivity index (χ0) is 17.6. The van der Waals surface area contributed by atoms with E-state index in [1.807, 2.05) is 0 Å². The first-order valence-corrected chi connectivity index (χ1v) is 8.50. The van der Waals surface area contributed by atoms with Gasteiger partial charge in [-0.3, -0.25) is 4.79 Å². The minimum absolute atomic E-state index is 0.354. The Morgan fingerprint density at radius 2 is 1.87 bits per heavy atom. The maximum atomic E-state index is 11.5. The summed E-state index contributed by atoms with van der Waals surface area (Å²) in [6.45, 7) is 4.49. The van der Waals surface area contributed by atoms with Crippen LogP contribution in [0.1, 0.15) is 58.8 Å². The Hall–Kier alpha value is -1.46. The summed E-state index contributed by atoms with van der Waals surface area (Å²) in [6.07, 6.45) is 13.5. The van der Waals surface area contributed by atoms with Crippen LogP contribution in [0.15, 0.2) is 24.3 Å². The van der Waals surface area contributed by atoms with Crippen LogP contribution in [0.4, 0.5) is 0 Å². The van der Waals surface area contributed by atoms with Crippen LogP contribution in [0.2, 0.25) is 0 Å². The summed E-state index contributed by atoms with van der Waals surface area (Å²) in [4.78, 5) is 22.1. The van der Waals surface area contributed by atoms with E-state index in [1.54, 1.807) is 19.1 Å². The Kier molecular flexibility index (Phi) is 12.2. The van der Waals surface area contributed by atoms with Crippen molar-refractivity contribution >= 4 is 12.2 Å². The summed E-state index contributed by atoms with van der Waals surface area (Å²) in [7, 11) is 0. The van der Waals surface area contributed by atoms with Crippen molar-refractivity contribution in [2.45, 2.75) is 70.4 Å². The Morgan fingerprint density at radius 3 is 2.43 bits per heavy atom. The number of nitrogens with one attached hydrogen (secondary N) is 1. The standard InChI is InChI=1S/C18H32N2O3/c1-3-4-5-6-7-11-14-20-18(15-21,16(2)22)13-10-8-9-12-17(19)23/h8-10,12,15-16,20,22H,3-7,11,13-14H2,1-2H3,(H2,19,23)/t16-,18-/m1/s1. The lowest BCUT2D eigenvalue weighted by atomic mass is 9.90. The van der Waals surface area contributed by atoms with Crippen molar-refractivity contribution in [2.24, 2.45) is 5.73 Å². The third-order valence-electron chi connectivity index (χ3n) is 3.90. The molecule has 0 bridgehead atoms. The number of nitrogens with two attached hydrogens (primary N) is 1. The van der Waals surface area contributed by atoms with Gasteiger partial charge in [0.2, 0.25) is 5.91 Å². The van der Waals surface area contributed by atoms with E-state index < -0.39 is 17.6 Å². The van der Waals surface area contributed by atoms with Crippen molar-refractivity contribution in [3.63, 3.8) is 0 Å². The van der Waals surface area contributed by atoms with Gasteiger partial charge in [0.25, 0.3) is 0 Å². The van der Waals surface area contributed by atoms with Gasteiger partial charge in [-0.05, 0) is 26.3 Å². The zero-order valence-electron chi connectivity index (χ0n) is 14.5. The minimum Gasteiger partial charge on any atom is -0.391 e. The number of rotatable bonds is 14. The Morgan fingerprint density at radius 1 is 1.22 bits per heavy atom. The molecule has 0 aromatic carbocycles. The molecule has 0 heterocycles. The number of aliphatic hydroxyl groups is 1. The van der Waals surface area contributed by atoms with Crippen LogP contribution in [0.25, 0.3) is 0 Å². The number of carbonyl (C=O) groups excluding carboxylic acids is 2. The highest BCUT2D eigenvalue weighted by Crippen LogP contribution is 2.15. The number of hydrogen-bond donors (Lipinski definition) is 3. The molecule has 23 heavy (non-hydrogen) atoms. The first-order chi connectivity index (χ1) is 11.0. The molecule has 0 aromatic heterocycles. The number of primary amides is 1. The second-order valence-corrected chi connectivity index (χ2v) is 5.92. The van der Waals surface area contributed by atoms with E-state index in [0.717, 1.165) is 19.1 Å². The molecule has 1 amide bonds. The zero-order valence-corrected chi connectivity index (χ0v) is 14.5. The third kappa shape index (κ3) is 10.0. The van der Waals surface area contributed by atoms with E-state index in [0.29, 0.717) is 13.0 Å². The fraction of sp³-hybridized carbons (Fsp3) is 0.667. The Balaban J connectivity index is 4.33. The first kappa shape index (κ1) is 21.5. The predicted octanol–water partition coefficient (Wildman–Crippen LogP) is 2.24. The largest absolute Gasteiger partial charge is 0.391 e. The van der Waals surface area contributed by atoms with Gasteiger partial charge < -0.3 is 21.0 Å². The van der Waals surface area contributed by atoms with Gasteiger partial charge in [-0.15, -0.1) is 0 Å². The Bertz CT molecular complexity index is 392. The molecule has 0 saturated heterocycles. The monoisotopic (exact) mass is 324 g/mol. The molecule has 2 atom stereocenters. The second-order valence-electron chi connectivity index (χ2n) is 5.92. The molecule has 0 rings (SSSR count). The van der Waals surface area contributed by atoms with Gasteiger partial charge in [0, 0.05) is 6.08 Å². The van der Waals surface area contributed by atoms with Gasteiger partial charge in [-0.2, -0.15) is 0 Å². The highest BCUT2D eigenvalue weighted by Gasteiger charge is 2.33. The molecule has 0 radical (unpaired) electrons. The number of amides is 1. The smallest absolute Gasteiger partial charge is 0.241 e. The van der Waals surface area contributed by atoms with Crippen molar-refractivity contribution in [1.29, 1.82) is 0 Å². The van der Waals surface area contributed by atoms with Crippen LogP contribution >= 0.6 is 0 Å². The van der Waals surface area contributed by atoms with Gasteiger partial charge >= 0.3 is 0 Å². The van der Waals surface area contributed by atoms with Gasteiger partial charge in [0.05, 0.1) is 6.10 Å². The number of hydrogen-bond acceptors (Lipinski definition) is 4. The molecule has 0 aliphatic rings. The van der Waals surface area contributed by atoms with E-state index in [9.17, 15) is 14.7 Å². The van der Waals surface area contributed by atoms with Crippen molar-refractivity contribution < 1.29 is 14.7 Å².